The molecule has 0 amide bonds. The summed E-state index contributed by atoms with van der Waals surface area (Å²) in [6.07, 6.45) is 9.68. The van der Waals surface area contributed by atoms with Crippen LogP contribution in [-0.4, -0.2) is 21.3 Å². The van der Waals surface area contributed by atoms with E-state index in [4.69, 9.17) is 5.73 Å². The molecule has 1 fully saturated rings. The van der Waals surface area contributed by atoms with Crippen LogP contribution in [0.2, 0.25) is 0 Å². The summed E-state index contributed by atoms with van der Waals surface area (Å²) >= 11 is 0. The van der Waals surface area contributed by atoms with Gasteiger partial charge in [0, 0.05) is 0 Å². The molecule has 1 aromatic heterocycles. The predicted molar refractivity (Wildman–Crippen MR) is 54.7 cm³/mol. The van der Waals surface area contributed by atoms with Gasteiger partial charge in [0.2, 0.25) is 0 Å². The lowest BCUT2D eigenvalue weighted by Gasteiger charge is -2.27. The maximum atomic E-state index is 5.56. The monoisotopic (exact) mass is 194 g/mol. The van der Waals surface area contributed by atoms with Crippen molar-refractivity contribution < 1.29 is 0 Å². The van der Waals surface area contributed by atoms with E-state index >= 15 is 0 Å². The maximum absolute atomic E-state index is 5.56. The first-order chi connectivity index (χ1) is 6.90. The van der Waals surface area contributed by atoms with Crippen LogP contribution in [0.3, 0.4) is 0 Å². The fourth-order valence-electron chi connectivity index (χ4n) is 2.34. The van der Waals surface area contributed by atoms with E-state index in [1.165, 1.54) is 32.1 Å². The smallest absolute Gasteiger partial charge is 0.137 e. The second kappa shape index (κ2) is 4.55. The van der Waals surface area contributed by atoms with Gasteiger partial charge in [-0.25, -0.2) is 9.67 Å². The van der Waals surface area contributed by atoms with E-state index in [2.05, 4.69) is 10.1 Å². The lowest BCUT2D eigenvalue weighted by Crippen LogP contribution is -2.20. The number of hydrogen-bond acceptors (Lipinski definition) is 3. The number of nitrogens with zero attached hydrogens (tertiary/aromatic N) is 3. The molecule has 78 valence electrons. The lowest BCUT2D eigenvalue weighted by molar-refractivity contribution is 0.253. The van der Waals surface area contributed by atoms with Gasteiger partial charge in [0.25, 0.3) is 0 Å². The molecule has 1 aliphatic rings. The molecule has 1 saturated carbocycles. The highest BCUT2D eigenvalue weighted by Gasteiger charge is 2.21. The van der Waals surface area contributed by atoms with Gasteiger partial charge in [0.05, 0.1) is 6.04 Å². The molecule has 0 saturated heterocycles. The first-order valence-corrected chi connectivity index (χ1v) is 5.44. The largest absolute Gasteiger partial charge is 0.330 e. The third-order valence-electron chi connectivity index (χ3n) is 3.20. The summed E-state index contributed by atoms with van der Waals surface area (Å²) in [7, 11) is 0. The van der Waals surface area contributed by atoms with Crippen molar-refractivity contribution in [3.63, 3.8) is 0 Å². The summed E-state index contributed by atoms with van der Waals surface area (Å²) in [5.41, 5.74) is 5.56. The van der Waals surface area contributed by atoms with Gasteiger partial charge in [-0.15, -0.1) is 0 Å². The minimum atomic E-state index is 0.575. The fraction of sp³-hybridized carbons (Fsp3) is 0.800. The van der Waals surface area contributed by atoms with E-state index in [9.17, 15) is 0 Å². The van der Waals surface area contributed by atoms with Gasteiger partial charge in [0.15, 0.2) is 0 Å². The average Bonchev–Trinajstić information content (AvgIpc) is 2.72. The van der Waals surface area contributed by atoms with Crippen LogP contribution in [0.25, 0.3) is 0 Å². The Labute approximate surface area is 84.5 Å². The zero-order valence-electron chi connectivity index (χ0n) is 8.47. The summed E-state index contributed by atoms with van der Waals surface area (Å²) in [6, 6.07) is 0.575. The van der Waals surface area contributed by atoms with Gasteiger partial charge < -0.3 is 5.73 Å². The van der Waals surface area contributed by atoms with E-state index in [-0.39, 0.29) is 0 Å². The van der Waals surface area contributed by atoms with Crippen molar-refractivity contribution in [3.8, 4) is 0 Å². The molecule has 4 nitrogen and oxygen atoms in total. The van der Waals surface area contributed by atoms with Crippen LogP contribution in [-0.2, 0) is 0 Å². The second-order valence-electron chi connectivity index (χ2n) is 4.13. The van der Waals surface area contributed by atoms with Crippen LogP contribution in [0.15, 0.2) is 12.7 Å². The van der Waals surface area contributed by atoms with Crippen LogP contribution in [0.1, 0.15) is 38.1 Å². The highest BCUT2D eigenvalue weighted by atomic mass is 15.3. The Morgan fingerprint density at radius 2 is 2.07 bits per heavy atom. The molecule has 1 aromatic rings. The van der Waals surface area contributed by atoms with E-state index in [0.717, 1.165) is 12.5 Å². The molecule has 0 unspecified atom stereocenters. The van der Waals surface area contributed by atoms with Crippen molar-refractivity contribution in [1.82, 2.24) is 14.8 Å². The molecule has 0 atom stereocenters. The Morgan fingerprint density at radius 1 is 1.29 bits per heavy atom. The summed E-state index contributed by atoms with van der Waals surface area (Å²) in [5.74, 6) is 0.847. The van der Waals surface area contributed by atoms with Crippen molar-refractivity contribution in [1.29, 1.82) is 0 Å². The summed E-state index contributed by atoms with van der Waals surface area (Å²) in [6.45, 7) is 0.832. The van der Waals surface area contributed by atoms with Crippen LogP contribution in [0.5, 0.6) is 0 Å². The Hall–Kier alpha value is -0.900. The molecule has 0 aromatic carbocycles. The topological polar surface area (TPSA) is 56.7 Å². The first kappa shape index (κ1) is 9.65. The maximum Gasteiger partial charge on any atom is 0.137 e. The molecule has 0 spiro atoms. The molecule has 14 heavy (non-hydrogen) atoms. The van der Waals surface area contributed by atoms with Gasteiger partial charge >= 0.3 is 0 Å². The number of rotatable bonds is 3. The van der Waals surface area contributed by atoms with Crippen LogP contribution < -0.4 is 5.73 Å². The van der Waals surface area contributed by atoms with Crippen molar-refractivity contribution in [2.75, 3.05) is 6.54 Å². The van der Waals surface area contributed by atoms with Gasteiger partial charge in [-0.2, -0.15) is 5.10 Å². The second-order valence-corrected chi connectivity index (χ2v) is 4.13. The minimum Gasteiger partial charge on any atom is -0.330 e. The molecule has 0 radical (unpaired) electrons. The Kier molecular flexibility index (Phi) is 3.14. The number of nitrogens with two attached hydrogens (primary N) is 1. The zero-order chi connectivity index (χ0) is 9.80. The van der Waals surface area contributed by atoms with Crippen molar-refractivity contribution in [2.24, 2.45) is 11.7 Å². The normalized spacial score (nSPS) is 27.8. The molecule has 4 heteroatoms. The SMILES string of the molecule is NCCC1CCC(n2cncn2)CC1. The Morgan fingerprint density at radius 3 is 2.64 bits per heavy atom. The molecule has 0 aliphatic heterocycles. The van der Waals surface area contributed by atoms with E-state index in [1.54, 1.807) is 6.33 Å². The van der Waals surface area contributed by atoms with Crippen LogP contribution in [0, 0.1) is 5.92 Å². The Bertz CT molecular complexity index is 249. The number of hydrogen-bond donors (Lipinski definition) is 1. The third-order valence-corrected chi connectivity index (χ3v) is 3.20. The highest BCUT2D eigenvalue weighted by molar-refractivity contribution is 4.77. The van der Waals surface area contributed by atoms with Gasteiger partial charge in [-0.3, -0.25) is 0 Å². The van der Waals surface area contributed by atoms with Crippen molar-refractivity contribution >= 4 is 0 Å². The molecular weight excluding hydrogens is 176 g/mol. The molecule has 2 rings (SSSR count). The molecule has 1 heterocycles. The predicted octanol–water partition coefficient (Wildman–Crippen LogP) is 1.36. The van der Waals surface area contributed by atoms with Gasteiger partial charge in [0.1, 0.15) is 12.7 Å². The fourth-order valence-corrected chi connectivity index (χ4v) is 2.34. The standard InChI is InChI=1S/C10H18N4/c11-6-5-9-1-3-10(4-2-9)14-8-12-7-13-14/h7-10H,1-6,11H2. The molecule has 1 aliphatic carbocycles. The highest BCUT2D eigenvalue weighted by Crippen LogP contribution is 2.32. The summed E-state index contributed by atoms with van der Waals surface area (Å²) in [4.78, 5) is 3.98. The minimum absolute atomic E-state index is 0.575. The summed E-state index contributed by atoms with van der Waals surface area (Å²) in [5, 5.41) is 4.19. The first-order valence-electron chi connectivity index (χ1n) is 5.44. The third kappa shape index (κ3) is 2.12. The molecule has 2 N–H and O–H groups in total. The van der Waals surface area contributed by atoms with Gasteiger partial charge in [-0.1, -0.05) is 0 Å². The number of aromatic nitrogens is 3. The van der Waals surface area contributed by atoms with Crippen LogP contribution >= 0.6 is 0 Å². The van der Waals surface area contributed by atoms with E-state index in [0.29, 0.717) is 6.04 Å². The molecular formula is C10H18N4. The van der Waals surface area contributed by atoms with Crippen molar-refractivity contribution in [3.05, 3.63) is 12.7 Å². The Balaban J connectivity index is 1.84. The molecule has 0 bridgehead atoms. The quantitative estimate of drug-likeness (QED) is 0.790. The van der Waals surface area contributed by atoms with Crippen molar-refractivity contribution in [2.45, 2.75) is 38.1 Å². The van der Waals surface area contributed by atoms with Crippen LogP contribution in [0.4, 0.5) is 0 Å². The van der Waals surface area contributed by atoms with Gasteiger partial charge in [-0.05, 0) is 44.6 Å². The zero-order valence-corrected chi connectivity index (χ0v) is 8.47. The van der Waals surface area contributed by atoms with E-state index < -0.39 is 0 Å². The lowest BCUT2D eigenvalue weighted by atomic mass is 9.84. The van der Waals surface area contributed by atoms with E-state index in [1.807, 2.05) is 11.0 Å². The average molecular weight is 194 g/mol. The summed E-state index contributed by atoms with van der Waals surface area (Å²) < 4.78 is 2.00.